The van der Waals surface area contributed by atoms with Crippen molar-refractivity contribution in [2.24, 2.45) is 0 Å². The molecule has 1 aromatic carbocycles. The molecule has 0 spiro atoms. The number of hydrogen-bond donors (Lipinski definition) is 1. The van der Waals surface area contributed by atoms with Crippen LogP contribution in [-0.2, 0) is 16.4 Å². The van der Waals surface area contributed by atoms with Crippen LogP contribution in [0, 0.1) is 0 Å². The Bertz CT molecular complexity index is 844. The van der Waals surface area contributed by atoms with Crippen molar-refractivity contribution < 1.29 is 17.6 Å². The van der Waals surface area contributed by atoms with Gasteiger partial charge in [0.05, 0.1) is 20.8 Å². The zero-order valence-corrected chi connectivity index (χ0v) is 17.1. The van der Waals surface area contributed by atoms with Gasteiger partial charge < -0.3 is 9.41 Å². The fraction of sp³-hybridized carbons (Fsp3) is 0.500. The number of alkyl halides is 3. The average molecular weight is 431 g/mol. The molecule has 0 saturated heterocycles. The Balaban J connectivity index is 2.35. The second kappa shape index (κ2) is 6.06. The zero-order chi connectivity index (χ0) is 18.8. The van der Waals surface area contributed by atoms with Crippen molar-refractivity contribution in [3.63, 3.8) is 0 Å². The molecular formula is C16H17Cl3F3NOSi. The highest BCUT2D eigenvalue weighted by molar-refractivity contribution is 6.69. The van der Waals surface area contributed by atoms with Gasteiger partial charge in [-0.05, 0) is 50.5 Å². The van der Waals surface area contributed by atoms with E-state index in [1.54, 1.807) is 19.6 Å². The average Bonchev–Trinajstić information content (AvgIpc) is 2.81. The van der Waals surface area contributed by atoms with Crippen molar-refractivity contribution in [1.82, 2.24) is 4.98 Å². The molecule has 1 unspecified atom stereocenters. The van der Waals surface area contributed by atoms with Gasteiger partial charge in [0.1, 0.15) is 0 Å². The summed E-state index contributed by atoms with van der Waals surface area (Å²) < 4.78 is 48.3. The quantitative estimate of drug-likeness (QED) is 0.400. The monoisotopic (exact) mass is 429 g/mol. The molecule has 1 aliphatic carbocycles. The van der Waals surface area contributed by atoms with Crippen LogP contribution in [0.4, 0.5) is 13.2 Å². The summed E-state index contributed by atoms with van der Waals surface area (Å²) in [6, 6.07) is 1.51. The number of hydrogen-bond acceptors (Lipinski definition) is 1. The molecule has 1 aliphatic rings. The Morgan fingerprint density at radius 3 is 2.36 bits per heavy atom. The predicted molar refractivity (Wildman–Crippen MR) is 98.4 cm³/mol. The standard InChI is InChI=1S/C16H17Cl3F3NOSi/c1-25(2,3)24-15(16(20,21)22)6-4-5-8-11-10(23-14(8)15)7-9(17)12(18)13(11)19/h7,23H,4-6H2,1-3H3. The van der Waals surface area contributed by atoms with Crippen LogP contribution in [0.2, 0.25) is 34.7 Å². The smallest absolute Gasteiger partial charge is 0.399 e. The molecule has 1 aromatic heterocycles. The summed E-state index contributed by atoms with van der Waals surface area (Å²) >= 11 is 18.4. The molecule has 0 fully saturated rings. The highest BCUT2D eigenvalue weighted by Crippen LogP contribution is 2.53. The Kier molecular flexibility index (Phi) is 4.69. The molecule has 1 heterocycles. The lowest BCUT2D eigenvalue weighted by Gasteiger charge is -2.42. The highest BCUT2D eigenvalue weighted by Gasteiger charge is 2.61. The van der Waals surface area contributed by atoms with E-state index in [9.17, 15) is 13.2 Å². The third kappa shape index (κ3) is 3.10. The summed E-state index contributed by atoms with van der Waals surface area (Å²) in [5.41, 5.74) is -1.37. The van der Waals surface area contributed by atoms with Gasteiger partial charge in [0.25, 0.3) is 0 Å². The minimum atomic E-state index is -4.55. The third-order valence-electron chi connectivity index (χ3n) is 4.32. The molecule has 2 nitrogen and oxygen atoms in total. The van der Waals surface area contributed by atoms with Crippen LogP contribution in [0.3, 0.4) is 0 Å². The molecule has 0 amide bonds. The molecule has 0 saturated carbocycles. The molecule has 25 heavy (non-hydrogen) atoms. The zero-order valence-electron chi connectivity index (χ0n) is 13.9. The molecule has 138 valence electrons. The minimum absolute atomic E-state index is 0.0314. The van der Waals surface area contributed by atoms with E-state index in [1.165, 1.54) is 6.07 Å². The number of benzene rings is 1. The number of nitrogens with one attached hydrogen (secondary N) is 1. The molecular weight excluding hydrogens is 414 g/mol. The van der Waals surface area contributed by atoms with Crippen molar-refractivity contribution in [1.29, 1.82) is 0 Å². The van der Waals surface area contributed by atoms with Gasteiger partial charge in [-0.3, -0.25) is 0 Å². The van der Waals surface area contributed by atoms with Gasteiger partial charge >= 0.3 is 6.18 Å². The molecule has 3 rings (SSSR count). The normalized spacial score (nSPS) is 21.6. The highest BCUT2D eigenvalue weighted by atomic mass is 35.5. The van der Waals surface area contributed by atoms with Crippen LogP contribution >= 0.6 is 34.8 Å². The van der Waals surface area contributed by atoms with Crippen LogP contribution in [-0.4, -0.2) is 19.5 Å². The summed E-state index contributed by atoms with van der Waals surface area (Å²) in [5, 5.41) is 1.01. The lowest BCUT2D eigenvalue weighted by atomic mass is 9.82. The first-order valence-corrected chi connectivity index (χ1v) is 12.4. The van der Waals surface area contributed by atoms with Crippen molar-refractivity contribution >= 4 is 54.0 Å². The van der Waals surface area contributed by atoms with E-state index in [1.807, 2.05) is 0 Å². The summed E-state index contributed by atoms with van der Waals surface area (Å²) in [5.74, 6) is 0. The second-order valence-corrected chi connectivity index (χ2v) is 12.9. The SMILES string of the molecule is C[Si](C)(C)OC1(C(F)(F)F)CCCc2c1[nH]c1cc(Cl)c(Cl)c(Cl)c21. The molecule has 9 heteroatoms. The maximum atomic E-state index is 14.2. The van der Waals surface area contributed by atoms with Crippen molar-refractivity contribution in [3.8, 4) is 0 Å². The number of halogens is 6. The van der Waals surface area contributed by atoms with E-state index in [4.69, 9.17) is 39.2 Å². The first-order chi connectivity index (χ1) is 11.4. The van der Waals surface area contributed by atoms with E-state index < -0.39 is 20.1 Å². The number of rotatable bonds is 2. The Morgan fingerprint density at radius 2 is 1.80 bits per heavy atom. The van der Waals surface area contributed by atoms with Crippen molar-refractivity contribution in [2.75, 3.05) is 0 Å². The van der Waals surface area contributed by atoms with Crippen LogP contribution < -0.4 is 0 Å². The van der Waals surface area contributed by atoms with E-state index >= 15 is 0 Å². The van der Waals surface area contributed by atoms with Crippen LogP contribution in [0.1, 0.15) is 24.1 Å². The van der Waals surface area contributed by atoms with E-state index in [2.05, 4.69) is 4.98 Å². The summed E-state index contributed by atoms with van der Waals surface area (Å²) in [7, 11) is -2.50. The molecule has 0 bridgehead atoms. The summed E-state index contributed by atoms with van der Waals surface area (Å²) in [6.07, 6.45) is -3.86. The predicted octanol–water partition coefficient (Wildman–Crippen LogP) is 7.07. The number of aromatic amines is 1. The Hall–Kier alpha value is -0.403. The molecule has 2 aromatic rings. The third-order valence-corrected chi connectivity index (χ3v) is 6.55. The fourth-order valence-corrected chi connectivity index (χ4v) is 5.61. The maximum absolute atomic E-state index is 14.2. The first-order valence-electron chi connectivity index (χ1n) is 7.83. The second-order valence-electron chi connectivity index (χ2n) is 7.28. The lowest BCUT2D eigenvalue weighted by Crippen LogP contribution is -2.52. The van der Waals surface area contributed by atoms with Gasteiger partial charge in [0.2, 0.25) is 0 Å². The van der Waals surface area contributed by atoms with Gasteiger partial charge in [-0.25, -0.2) is 0 Å². The molecule has 1 atom stereocenters. The van der Waals surface area contributed by atoms with E-state index in [-0.39, 0.29) is 27.2 Å². The summed E-state index contributed by atoms with van der Waals surface area (Å²) in [6.45, 7) is 5.24. The molecule has 0 radical (unpaired) electrons. The Labute approximate surface area is 159 Å². The largest absolute Gasteiger partial charge is 0.422 e. The van der Waals surface area contributed by atoms with Gasteiger partial charge in [0.15, 0.2) is 13.9 Å². The number of aryl methyl sites for hydroxylation is 1. The molecule has 1 N–H and O–H groups in total. The maximum Gasteiger partial charge on any atom is 0.422 e. The molecule has 0 aliphatic heterocycles. The van der Waals surface area contributed by atoms with Crippen LogP contribution in [0.15, 0.2) is 6.07 Å². The van der Waals surface area contributed by atoms with Crippen LogP contribution in [0.25, 0.3) is 10.9 Å². The first kappa shape index (κ1) is 19.4. The summed E-state index contributed by atoms with van der Waals surface area (Å²) in [4.78, 5) is 2.89. The van der Waals surface area contributed by atoms with E-state index in [0.717, 1.165) is 0 Å². The fourth-order valence-electron chi connectivity index (χ4n) is 3.52. The number of H-pyrrole nitrogens is 1. The minimum Gasteiger partial charge on any atom is -0.399 e. The van der Waals surface area contributed by atoms with E-state index in [0.29, 0.717) is 29.3 Å². The Morgan fingerprint density at radius 1 is 1.16 bits per heavy atom. The lowest BCUT2D eigenvalue weighted by molar-refractivity contribution is -0.264. The van der Waals surface area contributed by atoms with Gasteiger partial charge in [-0.1, -0.05) is 34.8 Å². The number of fused-ring (bicyclic) bond motifs is 3. The van der Waals surface area contributed by atoms with Gasteiger partial charge in [-0.2, -0.15) is 13.2 Å². The number of aromatic nitrogens is 1. The van der Waals surface area contributed by atoms with Gasteiger partial charge in [0, 0.05) is 10.9 Å². The van der Waals surface area contributed by atoms with Crippen molar-refractivity contribution in [2.45, 2.75) is 50.7 Å². The van der Waals surface area contributed by atoms with Gasteiger partial charge in [-0.15, -0.1) is 0 Å². The van der Waals surface area contributed by atoms with Crippen LogP contribution in [0.5, 0.6) is 0 Å². The topological polar surface area (TPSA) is 25.0 Å². The van der Waals surface area contributed by atoms with Crippen molar-refractivity contribution in [3.05, 3.63) is 32.4 Å².